The molecular weight excluding hydrogens is 429 g/mol. The summed E-state index contributed by atoms with van der Waals surface area (Å²) in [6.45, 7) is 23.8. The molecule has 0 aromatic rings. The van der Waals surface area contributed by atoms with E-state index in [9.17, 15) is 0 Å². The number of hydrogen-bond acceptors (Lipinski definition) is 4. The largest absolute Gasteiger partial charge is 0.437 e. The van der Waals surface area contributed by atoms with Gasteiger partial charge in [0.15, 0.2) is 16.6 Å². The van der Waals surface area contributed by atoms with E-state index in [0.29, 0.717) is 13.2 Å². The molecule has 1 radical (unpaired) electrons. The molecule has 0 aliphatic heterocycles. The van der Waals surface area contributed by atoms with E-state index in [1.165, 1.54) is 30.6 Å². The molecule has 0 N–H and O–H groups in total. The molecule has 0 saturated heterocycles. The van der Waals surface area contributed by atoms with E-state index in [0.717, 1.165) is 19.1 Å². The van der Waals surface area contributed by atoms with Gasteiger partial charge in [-0.15, -0.1) is 13.2 Å². The van der Waals surface area contributed by atoms with Crippen LogP contribution in [0.1, 0.15) is 12.8 Å². The van der Waals surface area contributed by atoms with Crippen LogP contribution in [0, 0.1) is 0 Å². The van der Waals surface area contributed by atoms with E-state index < -0.39 is 25.2 Å². The lowest BCUT2D eigenvalue weighted by Gasteiger charge is -2.39. The highest BCUT2D eigenvalue weighted by Crippen LogP contribution is 2.27. The predicted molar refractivity (Wildman–Crippen MR) is 137 cm³/mol. The summed E-state index contributed by atoms with van der Waals surface area (Å²) in [5.41, 5.74) is 0. The smallest absolute Gasteiger partial charge is 0.311 e. The van der Waals surface area contributed by atoms with Gasteiger partial charge in [-0.2, -0.15) is 0 Å². The van der Waals surface area contributed by atoms with Crippen molar-refractivity contribution in [2.45, 2.75) is 82.3 Å². The normalized spacial score (nSPS) is 13.1. The highest BCUT2D eigenvalue weighted by atomic mass is 28.5. The zero-order chi connectivity index (χ0) is 22.4. The second-order valence-corrected chi connectivity index (χ2v) is 24.7. The summed E-state index contributed by atoms with van der Waals surface area (Å²) < 4.78 is 24.0. The molecule has 0 aromatic carbocycles. The van der Waals surface area contributed by atoms with Crippen molar-refractivity contribution < 1.29 is 17.7 Å². The molecular formula is C21H47O4Si4. The number of hydrogen-bond donors (Lipinski definition) is 0. The molecule has 0 bridgehead atoms. The van der Waals surface area contributed by atoms with Crippen molar-refractivity contribution >= 4 is 34.0 Å². The standard InChI is InChI=1S/C21H47O4Si4/c1-10-17-26(18-11-2)19-13-21-28(6,7)25-29(8,9)24-27(4,5)20-12-14-23-16-15-22-3/h10-11H,1-2,12-21H2,3-9H3. The molecule has 0 aliphatic rings. The monoisotopic (exact) mass is 475 g/mol. The highest BCUT2D eigenvalue weighted by Gasteiger charge is 2.39. The van der Waals surface area contributed by atoms with Crippen LogP contribution in [-0.4, -0.2) is 60.9 Å². The second-order valence-electron chi connectivity index (χ2n) is 9.42. The maximum Gasteiger partial charge on any atom is 0.311 e. The van der Waals surface area contributed by atoms with Gasteiger partial charge in [-0.05, 0) is 69.9 Å². The van der Waals surface area contributed by atoms with Crippen LogP contribution in [0.4, 0.5) is 0 Å². The van der Waals surface area contributed by atoms with Gasteiger partial charge in [0.2, 0.25) is 0 Å². The fourth-order valence-electron chi connectivity index (χ4n) is 3.76. The molecule has 0 aliphatic carbocycles. The van der Waals surface area contributed by atoms with Crippen LogP contribution >= 0.6 is 0 Å². The lowest BCUT2D eigenvalue weighted by atomic mass is 10.5. The van der Waals surface area contributed by atoms with Gasteiger partial charge in [0.25, 0.3) is 0 Å². The Morgan fingerprint density at radius 1 is 0.759 bits per heavy atom. The minimum absolute atomic E-state index is 0.361. The number of methoxy groups -OCH3 is 1. The maximum atomic E-state index is 6.74. The minimum Gasteiger partial charge on any atom is -0.437 e. The van der Waals surface area contributed by atoms with Crippen molar-refractivity contribution in [2.75, 3.05) is 26.9 Å². The van der Waals surface area contributed by atoms with Crippen molar-refractivity contribution in [1.29, 1.82) is 0 Å². The molecule has 0 heterocycles. The second kappa shape index (κ2) is 15.1. The number of allylic oxidation sites excluding steroid dienone is 2. The maximum absolute atomic E-state index is 6.74. The summed E-state index contributed by atoms with van der Waals surface area (Å²) >= 11 is 0. The van der Waals surface area contributed by atoms with Crippen molar-refractivity contribution in [3.63, 3.8) is 0 Å². The van der Waals surface area contributed by atoms with Crippen LogP contribution in [0.25, 0.3) is 0 Å². The van der Waals surface area contributed by atoms with Crippen LogP contribution in [0.15, 0.2) is 25.3 Å². The van der Waals surface area contributed by atoms with E-state index in [4.69, 9.17) is 17.7 Å². The average Bonchev–Trinajstić information content (AvgIpc) is 2.56. The van der Waals surface area contributed by atoms with E-state index in [-0.39, 0.29) is 8.80 Å². The van der Waals surface area contributed by atoms with E-state index in [2.05, 4.69) is 64.6 Å². The Bertz CT molecular complexity index is 446. The van der Waals surface area contributed by atoms with Crippen molar-refractivity contribution in [2.24, 2.45) is 0 Å². The molecule has 0 saturated carbocycles. The Labute approximate surface area is 186 Å². The van der Waals surface area contributed by atoms with Gasteiger partial charge in [-0.1, -0.05) is 24.6 Å². The zero-order valence-corrected chi connectivity index (χ0v) is 24.3. The Hall–Kier alpha value is 0.188. The highest BCUT2D eigenvalue weighted by molar-refractivity contribution is 6.87. The summed E-state index contributed by atoms with van der Waals surface area (Å²) in [7, 11) is -4.25. The van der Waals surface area contributed by atoms with E-state index >= 15 is 0 Å². The van der Waals surface area contributed by atoms with Crippen LogP contribution in [-0.2, 0) is 17.7 Å². The molecule has 0 spiro atoms. The van der Waals surface area contributed by atoms with Crippen molar-refractivity contribution in [3.05, 3.63) is 25.3 Å². The van der Waals surface area contributed by atoms with E-state index in [1.807, 2.05) is 0 Å². The van der Waals surface area contributed by atoms with Gasteiger partial charge in [-0.3, -0.25) is 0 Å². The lowest BCUT2D eigenvalue weighted by Crippen LogP contribution is -2.52. The SMILES string of the molecule is C=CC[Si](CC=C)CCC[Si](C)(C)O[Si](C)(C)O[Si](C)(C)CCCOCCOC. The minimum atomic E-state index is -2.12. The van der Waals surface area contributed by atoms with Gasteiger partial charge >= 0.3 is 8.56 Å². The molecule has 8 heteroatoms. The molecule has 171 valence electrons. The van der Waals surface area contributed by atoms with Gasteiger partial charge in [0, 0.05) is 13.7 Å². The fourth-order valence-corrected chi connectivity index (χ4v) is 20.2. The van der Waals surface area contributed by atoms with Crippen molar-refractivity contribution in [1.82, 2.24) is 0 Å². The number of ether oxygens (including phenoxy) is 2. The molecule has 29 heavy (non-hydrogen) atoms. The summed E-state index contributed by atoms with van der Waals surface area (Å²) in [5, 5.41) is 0. The van der Waals surface area contributed by atoms with Gasteiger partial charge in [0.05, 0.1) is 22.0 Å². The molecule has 0 atom stereocenters. The first kappa shape index (κ1) is 29.2. The zero-order valence-electron chi connectivity index (χ0n) is 20.3. The first-order chi connectivity index (χ1) is 13.5. The Morgan fingerprint density at radius 2 is 1.28 bits per heavy atom. The molecule has 0 unspecified atom stereocenters. The number of rotatable bonds is 19. The van der Waals surface area contributed by atoms with Gasteiger partial charge in [-0.25, -0.2) is 0 Å². The molecule has 0 amide bonds. The van der Waals surface area contributed by atoms with E-state index in [1.54, 1.807) is 7.11 Å². The van der Waals surface area contributed by atoms with Crippen LogP contribution in [0.5, 0.6) is 0 Å². The van der Waals surface area contributed by atoms with Gasteiger partial charge in [0.1, 0.15) is 0 Å². The third kappa shape index (κ3) is 16.5. The summed E-state index contributed by atoms with van der Waals surface area (Å²) in [6, 6.07) is 6.01. The average molecular weight is 476 g/mol. The van der Waals surface area contributed by atoms with Crippen LogP contribution in [0.2, 0.25) is 69.5 Å². The topological polar surface area (TPSA) is 36.9 Å². The summed E-state index contributed by atoms with van der Waals surface area (Å²) in [6.07, 6.45) is 6.47. The Kier molecular flexibility index (Phi) is 15.2. The third-order valence-corrected chi connectivity index (χ3v) is 19.0. The molecule has 0 rings (SSSR count). The predicted octanol–water partition coefficient (Wildman–Crippen LogP) is 6.44. The molecule has 0 fully saturated rings. The lowest BCUT2D eigenvalue weighted by molar-refractivity contribution is 0.0707. The summed E-state index contributed by atoms with van der Waals surface area (Å²) in [4.78, 5) is 0. The van der Waals surface area contributed by atoms with Crippen LogP contribution in [0.3, 0.4) is 0 Å². The quantitative estimate of drug-likeness (QED) is 0.122. The summed E-state index contributed by atoms with van der Waals surface area (Å²) in [5.74, 6) is 0. The third-order valence-electron chi connectivity index (χ3n) is 4.72. The van der Waals surface area contributed by atoms with Crippen molar-refractivity contribution in [3.8, 4) is 0 Å². The first-order valence-electron chi connectivity index (χ1n) is 11.0. The fraction of sp³-hybridized carbons (Fsp3) is 0.810. The molecule has 0 aromatic heterocycles. The molecule has 4 nitrogen and oxygen atoms in total. The Balaban J connectivity index is 4.41. The van der Waals surface area contributed by atoms with Crippen LogP contribution < -0.4 is 0 Å². The first-order valence-corrected chi connectivity index (χ1v) is 22.2. The Morgan fingerprint density at radius 3 is 1.76 bits per heavy atom. The van der Waals surface area contributed by atoms with Gasteiger partial charge < -0.3 is 17.7 Å².